The standard InChI is InChI=1S/C22H29ClN2O3S/c1-6-16-12-13-19(23)18(7-2)21(16)24-22(26)17-11-10-15(5)20(14-17)29(27,28)25(8-3)9-4/h10-14H,6-9H2,1-5H3,(H,24,26). The van der Waals surface area contributed by atoms with Crippen molar-refractivity contribution in [1.29, 1.82) is 0 Å². The topological polar surface area (TPSA) is 66.5 Å². The number of anilines is 1. The fourth-order valence-electron chi connectivity index (χ4n) is 3.37. The van der Waals surface area contributed by atoms with Gasteiger partial charge in [-0.2, -0.15) is 4.31 Å². The Balaban J connectivity index is 2.48. The highest BCUT2D eigenvalue weighted by molar-refractivity contribution is 7.89. The maximum Gasteiger partial charge on any atom is 0.255 e. The Morgan fingerprint density at radius 1 is 1.03 bits per heavy atom. The molecule has 158 valence electrons. The Labute approximate surface area is 179 Å². The molecular formula is C22H29ClN2O3S. The average molecular weight is 437 g/mol. The van der Waals surface area contributed by atoms with Gasteiger partial charge in [-0.05, 0) is 54.7 Å². The Kier molecular flexibility index (Phi) is 7.86. The highest BCUT2D eigenvalue weighted by Crippen LogP contribution is 2.30. The molecule has 0 heterocycles. The first kappa shape index (κ1) is 23.4. The molecule has 2 aromatic carbocycles. The molecule has 0 fully saturated rings. The summed E-state index contributed by atoms with van der Waals surface area (Å²) in [6, 6.07) is 8.52. The minimum atomic E-state index is -3.66. The van der Waals surface area contributed by atoms with E-state index in [9.17, 15) is 13.2 Å². The van der Waals surface area contributed by atoms with Crippen molar-refractivity contribution in [3.63, 3.8) is 0 Å². The van der Waals surface area contributed by atoms with Gasteiger partial charge >= 0.3 is 0 Å². The van der Waals surface area contributed by atoms with E-state index in [0.717, 1.165) is 17.5 Å². The summed E-state index contributed by atoms with van der Waals surface area (Å²) in [6.45, 7) is 10.1. The van der Waals surface area contributed by atoms with Gasteiger partial charge in [0.25, 0.3) is 5.91 Å². The number of sulfonamides is 1. The van der Waals surface area contributed by atoms with Crippen molar-refractivity contribution in [2.24, 2.45) is 0 Å². The lowest BCUT2D eigenvalue weighted by atomic mass is 10.0. The first-order chi connectivity index (χ1) is 13.7. The monoisotopic (exact) mass is 436 g/mol. The zero-order valence-electron chi connectivity index (χ0n) is 17.7. The van der Waals surface area contributed by atoms with Crippen LogP contribution in [0.5, 0.6) is 0 Å². The van der Waals surface area contributed by atoms with Gasteiger partial charge in [0.15, 0.2) is 0 Å². The molecular weight excluding hydrogens is 408 g/mol. The van der Waals surface area contributed by atoms with Gasteiger partial charge < -0.3 is 5.32 Å². The summed E-state index contributed by atoms with van der Waals surface area (Å²) in [5.41, 5.74) is 3.48. The van der Waals surface area contributed by atoms with Gasteiger partial charge in [0.2, 0.25) is 10.0 Å². The van der Waals surface area contributed by atoms with Gasteiger partial charge in [-0.1, -0.05) is 51.4 Å². The van der Waals surface area contributed by atoms with E-state index in [0.29, 0.717) is 41.3 Å². The van der Waals surface area contributed by atoms with Crippen LogP contribution in [0, 0.1) is 6.92 Å². The Morgan fingerprint density at radius 2 is 1.69 bits per heavy atom. The Hall–Kier alpha value is -1.89. The number of nitrogens with zero attached hydrogens (tertiary/aromatic N) is 1. The van der Waals surface area contributed by atoms with Gasteiger partial charge in [-0.25, -0.2) is 8.42 Å². The number of carbonyl (C=O) groups is 1. The van der Waals surface area contributed by atoms with Crippen molar-refractivity contribution in [1.82, 2.24) is 4.31 Å². The van der Waals surface area contributed by atoms with Crippen LogP contribution in [0.2, 0.25) is 5.02 Å². The van der Waals surface area contributed by atoms with Gasteiger partial charge in [0.05, 0.1) is 4.90 Å². The number of benzene rings is 2. The third-order valence-electron chi connectivity index (χ3n) is 5.09. The van der Waals surface area contributed by atoms with Gasteiger partial charge in [-0.15, -0.1) is 0 Å². The molecule has 1 amide bonds. The van der Waals surface area contributed by atoms with Crippen LogP contribution in [0.15, 0.2) is 35.2 Å². The van der Waals surface area contributed by atoms with Crippen LogP contribution >= 0.6 is 11.6 Å². The van der Waals surface area contributed by atoms with E-state index >= 15 is 0 Å². The fourth-order valence-corrected chi connectivity index (χ4v) is 5.37. The Morgan fingerprint density at radius 3 is 2.24 bits per heavy atom. The van der Waals surface area contributed by atoms with Crippen molar-refractivity contribution in [2.45, 2.75) is 52.4 Å². The molecule has 0 aliphatic heterocycles. The maximum atomic E-state index is 13.0. The van der Waals surface area contributed by atoms with Crippen molar-refractivity contribution in [2.75, 3.05) is 18.4 Å². The number of halogens is 1. The normalized spacial score (nSPS) is 11.7. The SMILES string of the molecule is CCc1ccc(Cl)c(CC)c1NC(=O)c1ccc(C)c(S(=O)(=O)N(CC)CC)c1. The van der Waals surface area contributed by atoms with Gasteiger partial charge in [-0.3, -0.25) is 4.79 Å². The molecule has 2 rings (SSSR count). The van der Waals surface area contributed by atoms with E-state index in [4.69, 9.17) is 11.6 Å². The van der Waals surface area contributed by atoms with Crippen molar-refractivity contribution >= 4 is 33.2 Å². The predicted molar refractivity (Wildman–Crippen MR) is 119 cm³/mol. The first-order valence-electron chi connectivity index (χ1n) is 9.93. The second-order valence-corrected chi connectivity index (χ2v) is 9.10. The molecule has 0 spiro atoms. The van der Waals surface area contributed by atoms with E-state index in [1.165, 1.54) is 10.4 Å². The molecule has 0 atom stereocenters. The second-order valence-electron chi connectivity index (χ2n) is 6.79. The van der Waals surface area contributed by atoms with Crippen molar-refractivity contribution in [3.8, 4) is 0 Å². The summed E-state index contributed by atoms with van der Waals surface area (Å²) < 4.78 is 27.3. The lowest BCUT2D eigenvalue weighted by Gasteiger charge is -2.20. The minimum Gasteiger partial charge on any atom is -0.321 e. The van der Waals surface area contributed by atoms with Crippen LogP contribution in [0.3, 0.4) is 0 Å². The molecule has 0 saturated heterocycles. The molecule has 5 nitrogen and oxygen atoms in total. The number of aryl methyl sites for hydroxylation is 2. The van der Waals surface area contributed by atoms with E-state index in [-0.39, 0.29) is 10.8 Å². The first-order valence-corrected chi connectivity index (χ1v) is 11.7. The second kappa shape index (κ2) is 9.74. The van der Waals surface area contributed by atoms with Crippen LogP contribution in [-0.2, 0) is 22.9 Å². The van der Waals surface area contributed by atoms with E-state index in [2.05, 4.69) is 5.32 Å². The predicted octanol–water partition coefficient (Wildman–Crippen LogP) is 5.06. The molecule has 7 heteroatoms. The average Bonchev–Trinajstić information content (AvgIpc) is 2.69. The molecule has 0 bridgehead atoms. The third-order valence-corrected chi connectivity index (χ3v) is 7.63. The highest BCUT2D eigenvalue weighted by Gasteiger charge is 2.25. The molecule has 0 aromatic heterocycles. The van der Waals surface area contributed by atoms with Crippen molar-refractivity contribution < 1.29 is 13.2 Å². The van der Waals surface area contributed by atoms with Crippen LogP contribution in [-0.4, -0.2) is 31.7 Å². The quantitative estimate of drug-likeness (QED) is 0.629. The van der Waals surface area contributed by atoms with E-state index in [1.807, 2.05) is 26.0 Å². The van der Waals surface area contributed by atoms with E-state index in [1.54, 1.807) is 32.9 Å². The molecule has 0 aliphatic rings. The molecule has 2 aromatic rings. The lowest BCUT2D eigenvalue weighted by Crippen LogP contribution is -2.31. The fraction of sp³-hybridized carbons (Fsp3) is 0.409. The van der Waals surface area contributed by atoms with Crippen LogP contribution in [0.1, 0.15) is 54.7 Å². The summed E-state index contributed by atoms with van der Waals surface area (Å²) in [5.74, 6) is -0.354. The number of hydrogen-bond donors (Lipinski definition) is 1. The zero-order chi connectivity index (χ0) is 21.8. The highest BCUT2D eigenvalue weighted by atomic mass is 35.5. The van der Waals surface area contributed by atoms with Crippen LogP contribution < -0.4 is 5.32 Å². The molecule has 0 radical (unpaired) electrons. The number of hydrogen-bond acceptors (Lipinski definition) is 3. The summed E-state index contributed by atoms with van der Waals surface area (Å²) in [5, 5.41) is 3.57. The lowest BCUT2D eigenvalue weighted by molar-refractivity contribution is 0.102. The summed E-state index contributed by atoms with van der Waals surface area (Å²) in [4.78, 5) is 13.2. The minimum absolute atomic E-state index is 0.159. The summed E-state index contributed by atoms with van der Waals surface area (Å²) >= 11 is 6.32. The molecule has 1 N–H and O–H groups in total. The number of carbonyl (C=O) groups excluding carboxylic acids is 1. The number of nitrogens with one attached hydrogen (secondary N) is 1. The molecule has 0 saturated carbocycles. The van der Waals surface area contributed by atoms with Crippen LogP contribution in [0.25, 0.3) is 0 Å². The van der Waals surface area contributed by atoms with Gasteiger partial charge in [0, 0.05) is 29.4 Å². The smallest absolute Gasteiger partial charge is 0.255 e. The number of rotatable bonds is 8. The summed E-state index contributed by atoms with van der Waals surface area (Å²) in [6.07, 6.45) is 1.42. The molecule has 29 heavy (non-hydrogen) atoms. The van der Waals surface area contributed by atoms with E-state index < -0.39 is 10.0 Å². The number of amides is 1. The van der Waals surface area contributed by atoms with Crippen LogP contribution in [0.4, 0.5) is 5.69 Å². The third kappa shape index (κ3) is 4.82. The largest absolute Gasteiger partial charge is 0.321 e. The maximum absolute atomic E-state index is 13.0. The molecule has 0 aliphatic carbocycles. The molecule has 0 unspecified atom stereocenters. The summed E-state index contributed by atoms with van der Waals surface area (Å²) in [7, 11) is -3.66. The zero-order valence-corrected chi connectivity index (χ0v) is 19.2. The van der Waals surface area contributed by atoms with Gasteiger partial charge in [0.1, 0.15) is 0 Å². The van der Waals surface area contributed by atoms with Crippen molar-refractivity contribution in [3.05, 3.63) is 57.6 Å². The Bertz CT molecular complexity index is 999.